The fourth-order valence-electron chi connectivity index (χ4n) is 3.52. The van der Waals surface area contributed by atoms with Crippen LogP contribution in [0.1, 0.15) is 35.2 Å². The molecule has 25 heavy (non-hydrogen) atoms. The molecule has 2 atom stereocenters. The van der Waals surface area contributed by atoms with Crippen molar-refractivity contribution in [3.05, 3.63) is 58.4 Å². The third-order valence-electron chi connectivity index (χ3n) is 4.71. The summed E-state index contributed by atoms with van der Waals surface area (Å²) >= 11 is 6.42. The number of rotatable bonds is 1. The average Bonchev–Trinajstić information content (AvgIpc) is 2.95. The molecule has 2 unspecified atom stereocenters. The van der Waals surface area contributed by atoms with E-state index in [4.69, 9.17) is 11.6 Å². The van der Waals surface area contributed by atoms with E-state index in [0.29, 0.717) is 16.2 Å². The van der Waals surface area contributed by atoms with E-state index >= 15 is 0 Å². The summed E-state index contributed by atoms with van der Waals surface area (Å²) in [4.78, 5) is 3.73. The van der Waals surface area contributed by atoms with Crippen LogP contribution in [0.3, 0.4) is 0 Å². The second-order valence-corrected chi connectivity index (χ2v) is 6.69. The summed E-state index contributed by atoms with van der Waals surface area (Å²) in [6.45, 7) is 1.89. The maximum atomic E-state index is 13.0. The number of nitrogens with zero attached hydrogens (tertiary/aromatic N) is 4. The molecule has 4 rings (SSSR count). The van der Waals surface area contributed by atoms with Gasteiger partial charge in [0.1, 0.15) is 11.6 Å². The Balaban J connectivity index is 1.74. The molecule has 2 aromatic rings. The predicted molar refractivity (Wildman–Crippen MR) is 86.8 cm³/mol. The first-order chi connectivity index (χ1) is 11.8. The first-order valence-electron chi connectivity index (χ1n) is 7.87. The molecule has 0 amide bonds. The monoisotopic (exact) mass is 366 g/mol. The minimum atomic E-state index is -4.43. The normalized spacial score (nSPS) is 22.8. The predicted octanol–water partition coefficient (Wildman–Crippen LogP) is 4.32. The van der Waals surface area contributed by atoms with E-state index in [0.717, 1.165) is 36.8 Å². The van der Waals surface area contributed by atoms with Crippen molar-refractivity contribution in [3.63, 3.8) is 0 Å². The van der Waals surface area contributed by atoms with Gasteiger partial charge in [-0.3, -0.25) is 4.98 Å². The molecule has 0 aromatic carbocycles. The van der Waals surface area contributed by atoms with Gasteiger partial charge < -0.3 is 4.57 Å². The highest BCUT2D eigenvalue weighted by atomic mass is 35.5. The number of hydrogen-bond donors (Lipinski definition) is 0. The van der Waals surface area contributed by atoms with Crippen LogP contribution in [-0.4, -0.2) is 19.7 Å². The Morgan fingerprint density at radius 3 is 2.76 bits per heavy atom. The quantitative estimate of drug-likeness (QED) is 0.754. The Labute approximate surface area is 147 Å². The van der Waals surface area contributed by atoms with Crippen molar-refractivity contribution in [2.24, 2.45) is 5.92 Å². The number of hydrogen-bond acceptors (Lipinski definition) is 3. The van der Waals surface area contributed by atoms with Gasteiger partial charge >= 0.3 is 6.18 Å². The number of pyridine rings is 1. The number of fused-ring (bicyclic) bond motifs is 3. The first-order valence-corrected chi connectivity index (χ1v) is 8.25. The van der Waals surface area contributed by atoms with Crippen LogP contribution in [0, 0.1) is 12.8 Å². The summed E-state index contributed by atoms with van der Waals surface area (Å²) in [7, 11) is 0. The summed E-state index contributed by atoms with van der Waals surface area (Å²) < 4.78 is 40.9. The fourth-order valence-corrected chi connectivity index (χ4v) is 3.82. The lowest BCUT2D eigenvalue weighted by molar-refractivity contribution is -0.137. The van der Waals surface area contributed by atoms with Gasteiger partial charge in [0.15, 0.2) is 0 Å². The van der Waals surface area contributed by atoms with Crippen LogP contribution in [-0.2, 0) is 12.6 Å². The zero-order valence-electron chi connectivity index (χ0n) is 13.3. The van der Waals surface area contributed by atoms with Crippen molar-refractivity contribution in [3.8, 4) is 0 Å². The third-order valence-corrected chi connectivity index (χ3v) is 5.04. The largest absolute Gasteiger partial charge is 0.417 e. The van der Waals surface area contributed by atoms with Crippen molar-refractivity contribution in [1.29, 1.82) is 0 Å². The molecule has 0 saturated carbocycles. The molecule has 2 aromatic heterocycles. The maximum Gasteiger partial charge on any atom is 0.417 e. The van der Waals surface area contributed by atoms with Crippen LogP contribution in [0.5, 0.6) is 0 Å². The second-order valence-electron chi connectivity index (χ2n) is 6.28. The van der Waals surface area contributed by atoms with Gasteiger partial charge in [-0.2, -0.15) is 13.2 Å². The summed E-state index contributed by atoms with van der Waals surface area (Å²) in [5.74, 6) is 1.86. The Bertz CT molecular complexity index is 898. The number of aryl methyl sites for hydroxylation is 2. The Hall–Kier alpha value is -2.15. The highest BCUT2D eigenvalue weighted by molar-refractivity contribution is 6.37. The zero-order valence-corrected chi connectivity index (χ0v) is 14.0. The van der Waals surface area contributed by atoms with Gasteiger partial charge in [-0.25, -0.2) is 0 Å². The molecule has 0 bridgehead atoms. The lowest BCUT2D eigenvalue weighted by Gasteiger charge is -2.33. The van der Waals surface area contributed by atoms with Crippen LogP contribution in [0.4, 0.5) is 13.2 Å². The van der Waals surface area contributed by atoms with Crippen LogP contribution in [0.25, 0.3) is 5.57 Å². The lowest BCUT2D eigenvalue weighted by Crippen LogP contribution is -2.27. The SMILES string of the molecule is Cc1nnc2n1C1C=C(Cl)C(c3cncc(C(F)(F)F)c3)=CC1CC2. The Morgan fingerprint density at radius 1 is 1.20 bits per heavy atom. The van der Waals surface area contributed by atoms with Crippen LogP contribution < -0.4 is 0 Å². The molecular formula is C17H14ClF3N4. The highest BCUT2D eigenvalue weighted by Gasteiger charge is 2.34. The van der Waals surface area contributed by atoms with E-state index < -0.39 is 11.7 Å². The van der Waals surface area contributed by atoms with E-state index in [-0.39, 0.29) is 12.0 Å². The molecule has 0 spiro atoms. The minimum Gasteiger partial charge on any atom is -0.308 e. The first kappa shape index (κ1) is 16.3. The molecule has 4 nitrogen and oxygen atoms in total. The summed E-state index contributed by atoms with van der Waals surface area (Å²) in [5, 5.41) is 8.71. The molecule has 0 fully saturated rings. The van der Waals surface area contributed by atoms with Crippen molar-refractivity contribution in [2.75, 3.05) is 0 Å². The van der Waals surface area contributed by atoms with Crippen molar-refractivity contribution < 1.29 is 13.2 Å². The highest BCUT2D eigenvalue weighted by Crippen LogP contribution is 2.43. The van der Waals surface area contributed by atoms with E-state index in [1.54, 1.807) is 0 Å². The topological polar surface area (TPSA) is 43.6 Å². The molecule has 130 valence electrons. The molecule has 3 heterocycles. The van der Waals surface area contributed by atoms with Crippen LogP contribution in [0.15, 0.2) is 35.6 Å². The molecule has 1 aliphatic heterocycles. The molecule has 2 aliphatic rings. The van der Waals surface area contributed by atoms with E-state index in [2.05, 4.69) is 15.2 Å². The Kier molecular flexibility index (Phi) is 3.72. The van der Waals surface area contributed by atoms with E-state index in [9.17, 15) is 13.2 Å². The zero-order chi connectivity index (χ0) is 17.8. The molecule has 8 heteroatoms. The third kappa shape index (κ3) is 2.76. The number of allylic oxidation sites excluding steroid dienone is 4. The number of alkyl halides is 3. The van der Waals surface area contributed by atoms with Crippen molar-refractivity contribution in [1.82, 2.24) is 19.7 Å². The molecular weight excluding hydrogens is 353 g/mol. The van der Waals surface area contributed by atoms with E-state index in [1.807, 2.05) is 23.6 Å². The average molecular weight is 367 g/mol. The lowest BCUT2D eigenvalue weighted by atomic mass is 9.83. The standard InChI is InChI=1S/C17H14ClF3N4/c1-9-23-24-16-3-2-10-5-13(14(18)6-15(10)25(9)16)11-4-12(8-22-7-11)17(19,20)21/h4-8,10,15H,2-3H2,1H3. The fraction of sp³-hybridized carbons (Fsp3) is 0.353. The molecule has 0 N–H and O–H groups in total. The van der Waals surface area contributed by atoms with Gasteiger partial charge in [0.05, 0.1) is 11.6 Å². The molecule has 0 saturated heterocycles. The number of aromatic nitrogens is 4. The van der Waals surface area contributed by atoms with E-state index in [1.165, 1.54) is 6.20 Å². The van der Waals surface area contributed by atoms with Crippen LogP contribution in [0.2, 0.25) is 0 Å². The number of halogens is 4. The van der Waals surface area contributed by atoms with Gasteiger partial charge in [-0.1, -0.05) is 17.7 Å². The smallest absolute Gasteiger partial charge is 0.308 e. The molecule has 0 radical (unpaired) electrons. The maximum absolute atomic E-state index is 13.0. The van der Waals surface area contributed by atoms with Crippen molar-refractivity contribution in [2.45, 2.75) is 32.0 Å². The van der Waals surface area contributed by atoms with Gasteiger partial charge in [-0.15, -0.1) is 10.2 Å². The summed E-state index contributed by atoms with van der Waals surface area (Å²) in [5.41, 5.74) is 0.189. The Morgan fingerprint density at radius 2 is 2.00 bits per heavy atom. The summed E-state index contributed by atoms with van der Waals surface area (Å²) in [6.07, 6.45) is 3.25. The van der Waals surface area contributed by atoms with Gasteiger partial charge in [0.25, 0.3) is 0 Å². The minimum absolute atomic E-state index is 0.00578. The summed E-state index contributed by atoms with van der Waals surface area (Å²) in [6, 6.07) is 1.09. The second kappa shape index (κ2) is 5.69. The van der Waals surface area contributed by atoms with Gasteiger partial charge in [0.2, 0.25) is 0 Å². The molecule has 1 aliphatic carbocycles. The van der Waals surface area contributed by atoms with Crippen molar-refractivity contribution >= 4 is 17.2 Å². The van der Waals surface area contributed by atoms with Gasteiger partial charge in [-0.05, 0) is 31.1 Å². The van der Waals surface area contributed by atoms with Crippen LogP contribution >= 0.6 is 11.6 Å². The van der Waals surface area contributed by atoms with Gasteiger partial charge in [0, 0.05) is 35.3 Å².